The molecule has 0 unspecified atom stereocenters. The van der Waals surface area contributed by atoms with Gasteiger partial charge in [0.05, 0.1) is 17.9 Å². The molecule has 4 nitrogen and oxygen atoms in total. The zero-order valence-electron chi connectivity index (χ0n) is 9.42. The summed E-state index contributed by atoms with van der Waals surface area (Å²) in [6.45, 7) is 0. The standard InChI is InChI=1S/C11H9ClN2O2S2/c1-16-9(15)6-17-11-14-13-10(18-11)7-4-2-3-5-8(7)12/h2-5H,6H2,1H3. The minimum absolute atomic E-state index is 0.230. The number of nitrogens with zero attached hydrogens (tertiary/aromatic N) is 2. The highest BCUT2D eigenvalue weighted by atomic mass is 35.5. The summed E-state index contributed by atoms with van der Waals surface area (Å²) >= 11 is 8.78. The van der Waals surface area contributed by atoms with Crippen LogP contribution in [0.2, 0.25) is 5.02 Å². The molecule has 2 aromatic rings. The zero-order valence-corrected chi connectivity index (χ0v) is 11.8. The Bertz CT molecular complexity index is 559. The van der Waals surface area contributed by atoms with Gasteiger partial charge in [-0.3, -0.25) is 4.79 Å². The number of rotatable bonds is 4. The van der Waals surface area contributed by atoms with Gasteiger partial charge in [0.25, 0.3) is 0 Å². The Kier molecular flexibility index (Phi) is 4.57. The van der Waals surface area contributed by atoms with Crippen LogP contribution in [-0.2, 0) is 9.53 Å². The second-order valence-electron chi connectivity index (χ2n) is 3.22. The molecule has 0 spiro atoms. The zero-order chi connectivity index (χ0) is 13.0. The van der Waals surface area contributed by atoms with Crippen LogP contribution < -0.4 is 0 Å². The van der Waals surface area contributed by atoms with E-state index in [1.165, 1.54) is 30.2 Å². The third-order valence-electron chi connectivity index (χ3n) is 2.05. The molecule has 0 amide bonds. The lowest BCUT2D eigenvalue weighted by Gasteiger charge is -1.97. The molecular formula is C11H9ClN2O2S2. The number of methoxy groups -OCH3 is 1. The van der Waals surface area contributed by atoms with Crippen molar-refractivity contribution in [1.29, 1.82) is 0 Å². The van der Waals surface area contributed by atoms with Crippen LogP contribution in [0.25, 0.3) is 10.6 Å². The van der Waals surface area contributed by atoms with Crippen molar-refractivity contribution in [3.8, 4) is 10.6 Å². The van der Waals surface area contributed by atoms with Crippen molar-refractivity contribution in [2.75, 3.05) is 12.9 Å². The van der Waals surface area contributed by atoms with Crippen LogP contribution in [-0.4, -0.2) is 29.0 Å². The van der Waals surface area contributed by atoms with Gasteiger partial charge in [-0.05, 0) is 6.07 Å². The minimum atomic E-state index is -0.283. The van der Waals surface area contributed by atoms with Crippen molar-refractivity contribution in [3.63, 3.8) is 0 Å². The fraction of sp³-hybridized carbons (Fsp3) is 0.182. The Hall–Kier alpha value is -1.11. The van der Waals surface area contributed by atoms with Gasteiger partial charge in [0.1, 0.15) is 5.01 Å². The van der Waals surface area contributed by atoms with E-state index in [9.17, 15) is 4.79 Å². The third kappa shape index (κ3) is 3.22. The van der Waals surface area contributed by atoms with E-state index in [0.29, 0.717) is 5.02 Å². The molecule has 0 fully saturated rings. The monoisotopic (exact) mass is 300 g/mol. The summed E-state index contributed by atoms with van der Waals surface area (Å²) in [5.41, 5.74) is 0.849. The molecule has 0 saturated carbocycles. The second kappa shape index (κ2) is 6.17. The number of benzene rings is 1. The first-order valence-corrected chi connectivity index (χ1v) is 7.16. The summed E-state index contributed by atoms with van der Waals surface area (Å²) in [4.78, 5) is 11.0. The number of aromatic nitrogens is 2. The van der Waals surface area contributed by atoms with Crippen LogP contribution in [0.3, 0.4) is 0 Å². The average Bonchev–Trinajstić information content (AvgIpc) is 2.85. The summed E-state index contributed by atoms with van der Waals surface area (Å²) in [5.74, 6) is -0.0531. The van der Waals surface area contributed by atoms with Gasteiger partial charge >= 0.3 is 5.97 Å². The lowest BCUT2D eigenvalue weighted by molar-refractivity contribution is -0.137. The Balaban J connectivity index is 2.11. The lowest BCUT2D eigenvalue weighted by Crippen LogP contribution is -2.02. The van der Waals surface area contributed by atoms with Crippen LogP contribution in [0.1, 0.15) is 0 Å². The number of carbonyl (C=O) groups excluding carboxylic acids is 1. The molecule has 0 aliphatic rings. The number of ether oxygens (including phenoxy) is 1. The highest BCUT2D eigenvalue weighted by molar-refractivity contribution is 8.01. The van der Waals surface area contributed by atoms with Crippen LogP contribution in [0.5, 0.6) is 0 Å². The molecule has 18 heavy (non-hydrogen) atoms. The smallest absolute Gasteiger partial charge is 0.316 e. The van der Waals surface area contributed by atoms with Crippen molar-refractivity contribution in [3.05, 3.63) is 29.3 Å². The number of hydrogen-bond acceptors (Lipinski definition) is 6. The maximum atomic E-state index is 11.0. The van der Waals surface area contributed by atoms with Gasteiger partial charge < -0.3 is 4.74 Å². The van der Waals surface area contributed by atoms with Crippen molar-refractivity contribution in [1.82, 2.24) is 10.2 Å². The molecule has 0 atom stereocenters. The number of carbonyl (C=O) groups is 1. The van der Waals surface area contributed by atoms with Crippen LogP contribution in [0.4, 0.5) is 0 Å². The molecule has 0 N–H and O–H groups in total. The van der Waals surface area contributed by atoms with Crippen molar-refractivity contribution in [2.24, 2.45) is 0 Å². The normalized spacial score (nSPS) is 10.3. The molecule has 94 valence electrons. The second-order valence-corrected chi connectivity index (χ2v) is 5.82. The maximum absolute atomic E-state index is 11.0. The van der Waals surface area contributed by atoms with Gasteiger partial charge in [0, 0.05) is 5.56 Å². The SMILES string of the molecule is COC(=O)CSc1nnc(-c2ccccc2Cl)s1. The predicted molar refractivity (Wildman–Crippen MR) is 73.1 cm³/mol. The number of esters is 1. The fourth-order valence-corrected chi connectivity index (χ4v) is 3.20. The van der Waals surface area contributed by atoms with Crippen LogP contribution in [0.15, 0.2) is 28.6 Å². The Morgan fingerprint density at radius 1 is 1.44 bits per heavy atom. The summed E-state index contributed by atoms with van der Waals surface area (Å²) < 4.78 is 5.28. The quantitative estimate of drug-likeness (QED) is 0.641. The predicted octanol–water partition coefficient (Wildman–Crippen LogP) is 3.12. The average molecular weight is 301 g/mol. The molecule has 0 aliphatic carbocycles. The van der Waals surface area contributed by atoms with Gasteiger partial charge in [-0.2, -0.15) is 0 Å². The van der Waals surface area contributed by atoms with Crippen LogP contribution in [0, 0.1) is 0 Å². The van der Waals surface area contributed by atoms with E-state index in [0.717, 1.165) is 14.9 Å². The number of hydrogen-bond donors (Lipinski definition) is 0. The van der Waals surface area contributed by atoms with Crippen LogP contribution >= 0.6 is 34.7 Å². The molecule has 0 bridgehead atoms. The number of thioether (sulfide) groups is 1. The molecule has 0 saturated heterocycles. The van der Waals surface area contributed by atoms with Gasteiger partial charge in [-0.15, -0.1) is 10.2 Å². The summed E-state index contributed by atoms with van der Waals surface area (Å²) in [6, 6.07) is 7.45. The highest BCUT2D eigenvalue weighted by Gasteiger charge is 2.11. The molecule has 0 aliphatic heterocycles. The molecular weight excluding hydrogens is 292 g/mol. The van der Waals surface area contributed by atoms with E-state index < -0.39 is 0 Å². The first-order valence-electron chi connectivity index (χ1n) is 4.98. The van der Waals surface area contributed by atoms with Crippen molar-refractivity contribution < 1.29 is 9.53 Å². The van der Waals surface area contributed by atoms with Gasteiger partial charge in [0.2, 0.25) is 0 Å². The maximum Gasteiger partial charge on any atom is 0.316 e. The molecule has 0 radical (unpaired) electrons. The molecule has 1 heterocycles. The van der Waals surface area contributed by atoms with E-state index in [1.54, 1.807) is 6.07 Å². The van der Waals surface area contributed by atoms with Gasteiger partial charge in [-0.1, -0.05) is 52.9 Å². The first-order chi connectivity index (χ1) is 8.70. The van der Waals surface area contributed by atoms with E-state index in [-0.39, 0.29) is 11.7 Å². The third-order valence-corrected chi connectivity index (χ3v) is 4.44. The fourth-order valence-electron chi connectivity index (χ4n) is 1.19. The summed E-state index contributed by atoms with van der Waals surface area (Å²) in [6.07, 6.45) is 0. The van der Waals surface area contributed by atoms with E-state index in [1.807, 2.05) is 18.2 Å². The Morgan fingerprint density at radius 2 is 2.22 bits per heavy atom. The summed E-state index contributed by atoms with van der Waals surface area (Å²) in [7, 11) is 1.36. The van der Waals surface area contributed by atoms with Gasteiger partial charge in [0.15, 0.2) is 4.34 Å². The topological polar surface area (TPSA) is 52.1 Å². The largest absolute Gasteiger partial charge is 0.468 e. The van der Waals surface area contributed by atoms with Crippen molar-refractivity contribution in [2.45, 2.75) is 4.34 Å². The summed E-state index contributed by atoms with van der Waals surface area (Å²) in [5, 5.41) is 9.45. The molecule has 1 aromatic carbocycles. The first kappa shape index (κ1) is 13.3. The van der Waals surface area contributed by atoms with E-state index in [2.05, 4.69) is 14.9 Å². The molecule has 2 rings (SSSR count). The molecule has 7 heteroatoms. The Labute approximate surface area is 117 Å². The van der Waals surface area contributed by atoms with Crippen molar-refractivity contribution >= 4 is 40.7 Å². The van der Waals surface area contributed by atoms with Gasteiger partial charge in [-0.25, -0.2) is 0 Å². The lowest BCUT2D eigenvalue weighted by atomic mass is 10.2. The highest BCUT2D eigenvalue weighted by Crippen LogP contribution is 2.33. The molecule has 1 aromatic heterocycles. The number of halogens is 1. The minimum Gasteiger partial charge on any atom is -0.468 e. The Morgan fingerprint density at radius 3 is 2.94 bits per heavy atom. The van der Waals surface area contributed by atoms with E-state index >= 15 is 0 Å². The van der Waals surface area contributed by atoms with E-state index in [4.69, 9.17) is 11.6 Å².